The summed E-state index contributed by atoms with van der Waals surface area (Å²) in [4.78, 5) is 14.7. The number of amides is 1. The van der Waals surface area contributed by atoms with Gasteiger partial charge in [0, 0.05) is 11.8 Å². The molecular formula is C9H12N2O2. The molecule has 0 aliphatic carbocycles. The standard InChI is InChI=1S/C9H12N2O2/c1-6-4-3-5-11-9(6)13-7(2)8(10)12/h3-5,7H,1-2H3,(H2,10,12). The third-order valence-electron chi connectivity index (χ3n) is 1.65. The van der Waals surface area contributed by atoms with Gasteiger partial charge in [0.2, 0.25) is 5.88 Å². The average molecular weight is 180 g/mol. The summed E-state index contributed by atoms with van der Waals surface area (Å²) in [5.41, 5.74) is 5.93. The van der Waals surface area contributed by atoms with E-state index in [4.69, 9.17) is 10.5 Å². The lowest BCUT2D eigenvalue weighted by molar-refractivity contribution is -0.124. The van der Waals surface area contributed by atoms with E-state index < -0.39 is 12.0 Å². The first-order valence-corrected chi connectivity index (χ1v) is 3.99. The molecule has 70 valence electrons. The van der Waals surface area contributed by atoms with Crippen molar-refractivity contribution in [1.82, 2.24) is 4.98 Å². The maximum absolute atomic E-state index is 10.7. The summed E-state index contributed by atoms with van der Waals surface area (Å²) in [5, 5.41) is 0. The fraction of sp³-hybridized carbons (Fsp3) is 0.333. The summed E-state index contributed by atoms with van der Waals surface area (Å²) in [6.45, 7) is 3.45. The summed E-state index contributed by atoms with van der Waals surface area (Å²) in [7, 11) is 0. The highest BCUT2D eigenvalue weighted by Gasteiger charge is 2.11. The van der Waals surface area contributed by atoms with Gasteiger partial charge in [-0.3, -0.25) is 4.79 Å². The predicted molar refractivity (Wildman–Crippen MR) is 48.3 cm³/mol. The van der Waals surface area contributed by atoms with Crippen molar-refractivity contribution in [3.05, 3.63) is 23.9 Å². The number of aryl methyl sites for hydroxylation is 1. The van der Waals surface area contributed by atoms with E-state index in [9.17, 15) is 4.79 Å². The Morgan fingerprint density at radius 2 is 2.38 bits per heavy atom. The Morgan fingerprint density at radius 3 is 2.92 bits per heavy atom. The summed E-state index contributed by atoms with van der Waals surface area (Å²) in [6.07, 6.45) is 0.962. The minimum absolute atomic E-state index is 0.453. The minimum atomic E-state index is -0.645. The van der Waals surface area contributed by atoms with Crippen LogP contribution in [0.5, 0.6) is 5.88 Å². The van der Waals surface area contributed by atoms with Crippen LogP contribution in [0.2, 0.25) is 0 Å². The maximum Gasteiger partial charge on any atom is 0.258 e. The third-order valence-corrected chi connectivity index (χ3v) is 1.65. The highest BCUT2D eigenvalue weighted by Crippen LogP contribution is 2.13. The van der Waals surface area contributed by atoms with Crippen molar-refractivity contribution in [3.8, 4) is 5.88 Å². The van der Waals surface area contributed by atoms with Crippen molar-refractivity contribution in [2.24, 2.45) is 5.73 Å². The molecule has 0 aliphatic rings. The molecule has 0 radical (unpaired) electrons. The van der Waals surface area contributed by atoms with E-state index in [1.54, 1.807) is 19.2 Å². The molecule has 0 aliphatic heterocycles. The van der Waals surface area contributed by atoms with Gasteiger partial charge in [-0.15, -0.1) is 0 Å². The van der Waals surface area contributed by atoms with Gasteiger partial charge in [0.25, 0.3) is 5.91 Å². The molecule has 4 nitrogen and oxygen atoms in total. The second kappa shape index (κ2) is 3.89. The van der Waals surface area contributed by atoms with Gasteiger partial charge in [-0.1, -0.05) is 6.07 Å². The van der Waals surface area contributed by atoms with Gasteiger partial charge in [-0.25, -0.2) is 4.98 Å². The van der Waals surface area contributed by atoms with Crippen molar-refractivity contribution < 1.29 is 9.53 Å². The highest BCUT2D eigenvalue weighted by atomic mass is 16.5. The zero-order valence-corrected chi connectivity index (χ0v) is 7.65. The molecule has 0 spiro atoms. The van der Waals surface area contributed by atoms with Crippen LogP contribution in [-0.2, 0) is 4.79 Å². The highest BCUT2D eigenvalue weighted by molar-refractivity contribution is 5.78. The van der Waals surface area contributed by atoms with Crippen LogP contribution < -0.4 is 10.5 Å². The molecule has 0 aromatic carbocycles. The van der Waals surface area contributed by atoms with Gasteiger partial charge in [0.1, 0.15) is 0 Å². The number of carbonyl (C=O) groups excluding carboxylic acids is 1. The SMILES string of the molecule is Cc1cccnc1OC(C)C(N)=O. The molecule has 13 heavy (non-hydrogen) atoms. The second-order valence-corrected chi connectivity index (χ2v) is 2.79. The van der Waals surface area contributed by atoms with E-state index in [-0.39, 0.29) is 0 Å². The van der Waals surface area contributed by atoms with Crippen LogP contribution in [0.4, 0.5) is 0 Å². The Balaban J connectivity index is 2.74. The molecular weight excluding hydrogens is 168 g/mol. The first-order valence-electron chi connectivity index (χ1n) is 3.99. The van der Waals surface area contributed by atoms with Crippen molar-refractivity contribution in [2.45, 2.75) is 20.0 Å². The van der Waals surface area contributed by atoms with Crippen molar-refractivity contribution in [3.63, 3.8) is 0 Å². The number of pyridine rings is 1. The molecule has 1 aromatic rings. The molecule has 1 atom stereocenters. The zero-order valence-electron chi connectivity index (χ0n) is 7.65. The third kappa shape index (κ3) is 2.43. The fourth-order valence-electron chi connectivity index (χ4n) is 0.820. The molecule has 0 fully saturated rings. The van der Waals surface area contributed by atoms with Crippen LogP contribution in [0.25, 0.3) is 0 Å². The van der Waals surface area contributed by atoms with Crippen LogP contribution in [0.3, 0.4) is 0 Å². The summed E-state index contributed by atoms with van der Waals surface area (Å²) in [5.74, 6) is -0.0427. The molecule has 0 saturated carbocycles. The van der Waals surface area contributed by atoms with E-state index in [2.05, 4.69) is 4.98 Å². The largest absolute Gasteiger partial charge is 0.464 e. The molecule has 2 N–H and O–H groups in total. The van der Waals surface area contributed by atoms with Crippen molar-refractivity contribution in [2.75, 3.05) is 0 Å². The van der Waals surface area contributed by atoms with Gasteiger partial charge in [-0.2, -0.15) is 0 Å². The number of hydrogen-bond donors (Lipinski definition) is 1. The fourth-order valence-corrected chi connectivity index (χ4v) is 0.820. The van der Waals surface area contributed by atoms with Crippen LogP contribution in [0.15, 0.2) is 18.3 Å². The van der Waals surface area contributed by atoms with Crippen LogP contribution >= 0.6 is 0 Å². The predicted octanol–water partition coefficient (Wildman–Crippen LogP) is 0.643. The smallest absolute Gasteiger partial charge is 0.258 e. The Labute approximate surface area is 76.7 Å². The van der Waals surface area contributed by atoms with Gasteiger partial charge in [0.15, 0.2) is 6.10 Å². The summed E-state index contributed by atoms with van der Waals surface area (Å²) >= 11 is 0. The number of nitrogens with two attached hydrogens (primary N) is 1. The van der Waals surface area contributed by atoms with E-state index in [1.165, 1.54) is 0 Å². The Hall–Kier alpha value is -1.58. The quantitative estimate of drug-likeness (QED) is 0.742. The first-order chi connectivity index (χ1) is 6.11. The number of carbonyl (C=O) groups is 1. The number of rotatable bonds is 3. The first kappa shape index (κ1) is 9.51. The molecule has 0 saturated heterocycles. The van der Waals surface area contributed by atoms with E-state index in [1.807, 2.05) is 13.0 Å². The molecule has 0 bridgehead atoms. The normalized spacial score (nSPS) is 12.2. The maximum atomic E-state index is 10.7. The summed E-state index contributed by atoms with van der Waals surface area (Å²) < 4.78 is 5.22. The number of aromatic nitrogens is 1. The molecule has 1 rings (SSSR count). The van der Waals surface area contributed by atoms with Crippen LogP contribution in [0.1, 0.15) is 12.5 Å². The Kier molecular flexibility index (Phi) is 2.84. The van der Waals surface area contributed by atoms with Gasteiger partial charge < -0.3 is 10.5 Å². The van der Waals surface area contributed by atoms with Crippen LogP contribution in [-0.4, -0.2) is 17.0 Å². The molecule has 1 heterocycles. The Morgan fingerprint density at radius 1 is 1.69 bits per heavy atom. The number of nitrogens with zero attached hydrogens (tertiary/aromatic N) is 1. The van der Waals surface area contributed by atoms with E-state index in [0.717, 1.165) is 5.56 Å². The lowest BCUT2D eigenvalue weighted by Gasteiger charge is -2.11. The average Bonchev–Trinajstić information content (AvgIpc) is 2.08. The summed E-state index contributed by atoms with van der Waals surface area (Å²) in [6, 6.07) is 3.66. The molecule has 1 amide bonds. The topological polar surface area (TPSA) is 65.2 Å². The van der Waals surface area contributed by atoms with Crippen LogP contribution in [0, 0.1) is 6.92 Å². The number of primary amides is 1. The molecule has 4 heteroatoms. The number of hydrogen-bond acceptors (Lipinski definition) is 3. The lowest BCUT2D eigenvalue weighted by atomic mass is 10.3. The molecule has 1 aromatic heterocycles. The monoisotopic (exact) mass is 180 g/mol. The van der Waals surface area contributed by atoms with Gasteiger partial charge in [0.05, 0.1) is 0 Å². The second-order valence-electron chi connectivity index (χ2n) is 2.79. The van der Waals surface area contributed by atoms with E-state index >= 15 is 0 Å². The number of ether oxygens (including phenoxy) is 1. The van der Waals surface area contributed by atoms with E-state index in [0.29, 0.717) is 5.88 Å². The Bertz CT molecular complexity index is 312. The van der Waals surface area contributed by atoms with Gasteiger partial charge in [-0.05, 0) is 19.9 Å². The minimum Gasteiger partial charge on any atom is -0.464 e. The van der Waals surface area contributed by atoms with Crippen molar-refractivity contribution >= 4 is 5.91 Å². The van der Waals surface area contributed by atoms with Gasteiger partial charge >= 0.3 is 0 Å². The van der Waals surface area contributed by atoms with Crippen molar-refractivity contribution in [1.29, 1.82) is 0 Å². The molecule has 1 unspecified atom stereocenters. The lowest BCUT2D eigenvalue weighted by Crippen LogP contribution is -2.31. The zero-order chi connectivity index (χ0) is 9.84.